The fraction of sp³-hybridized carbons (Fsp3) is 0.0250. The lowest BCUT2D eigenvalue weighted by Crippen LogP contribution is -2.00. The maximum atomic E-state index is 5.22. The molecule has 0 fully saturated rings. The quantitative estimate of drug-likeness (QED) is 0.155. The average Bonchev–Trinajstić information content (AvgIpc) is 3.47. The summed E-state index contributed by atoms with van der Waals surface area (Å²) >= 11 is 0. The summed E-state index contributed by atoms with van der Waals surface area (Å²) in [4.78, 5) is 15.3. The third kappa shape index (κ3) is 3.91. The van der Waals surface area contributed by atoms with Crippen molar-refractivity contribution in [1.82, 2.24) is 19.5 Å². The monoisotopic (exact) mass is 562 g/mol. The van der Waals surface area contributed by atoms with Gasteiger partial charge in [0.15, 0.2) is 0 Å². The van der Waals surface area contributed by atoms with Gasteiger partial charge in [-0.1, -0.05) is 85.5 Å². The minimum absolute atomic E-state index is 0.832. The van der Waals surface area contributed by atoms with Crippen LogP contribution in [0.3, 0.4) is 0 Å². The number of allylic oxidation sites excluding steroid dienone is 5. The highest BCUT2D eigenvalue weighted by Crippen LogP contribution is 2.41. The predicted molar refractivity (Wildman–Crippen MR) is 183 cm³/mol. The maximum Gasteiger partial charge on any atom is 0.146 e. The summed E-state index contributed by atoms with van der Waals surface area (Å²) in [5, 5.41) is 6.50. The Morgan fingerprint density at radius 1 is 0.795 bits per heavy atom. The highest BCUT2D eigenvalue weighted by Gasteiger charge is 2.20. The van der Waals surface area contributed by atoms with Crippen LogP contribution in [-0.4, -0.2) is 19.5 Å². The molecular formula is C40H26N4. The molecule has 0 spiro atoms. The number of pyridine rings is 2. The molecule has 0 bridgehead atoms. The summed E-state index contributed by atoms with van der Waals surface area (Å²) in [6.45, 7) is 6.13. The molecule has 206 valence electrons. The Bertz CT molecular complexity index is 2460. The van der Waals surface area contributed by atoms with Crippen molar-refractivity contribution in [3.05, 3.63) is 146 Å². The van der Waals surface area contributed by atoms with Crippen molar-refractivity contribution >= 4 is 60.1 Å². The molecule has 44 heavy (non-hydrogen) atoms. The van der Waals surface area contributed by atoms with E-state index in [4.69, 9.17) is 15.0 Å². The smallest absolute Gasteiger partial charge is 0.146 e. The van der Waals surface area contributed by atoms with Crippen molar-refractivity contribution < 1.29 is 0 Å². The number of hydrogen-bond acceptors (Lipinski definition) is 3. The van der Waals surface area contributed by atoms with Crippen LogP contribution in [0.2, 0.25) is 0 Å². The summed E-state index contributed by atoms with van der Waals surface area (Å²) in [5.41, 5.74) is 7.46. The first kappa shape index (κ1) is 25.6. The van der Waals surface area contributed by atoms with Gasteiger partial charge in [0.05, 0.1) is 33.1 Å². The van der Waals surface area contributed by atoms with E-state index >= 15 is 0 Å². The Morgan fingerprint density at radius 2 is 1.64 bits per heavy atom. The van der Waals surface area contributed by atoms with Crippen molar-refractivity contribution in [2.24, 2.45) is 0 Å². The van der Waals surface area contributed by atoms with Crippen molar-refractivity contribution in [3.63, 3.8) is 0 Å². The Morgan fingerprint density at radius 3 is 2.55 bits per heavy atom. The number of para-hydroxylation sites is 2. The zero-order chi connectivity index (χ0) is 29.6. The van der Waals surface area contributed by atoms with E-state index in [1.54, 1.807) is 0 Å². The van der Waals surface area contributed by atoms with Crippen LogP contribution >= 0.6 is 0 Å². The molecule has 4 heteroatoms. The first-order chi connectivity index (χ1) is 21.8. The first-order valence-corrected chi connectivity index (χ1v) is 14.6. The molecule has 0 amide bonds. The van der Waals surface area contributed by atoms with Crippen LogP contribution in [0.15, 0.2) is 134 Å². The van der Waals surface area contributed by atoms with E-state index in [0.29, 0.717) is 0 Å². The van der Waals surface area contributed by atoms with Gasteiger partial charge in [-0.05, 0) is 72.3 Å². The third-order valence-electron chi connectivity index (χ3n) is 8.20. The predicted octanol–water partition coefficient (Wildman–Crippen LogP) is 9.98. The van der Waals surface area contributed by atoms with Gasteiger partial charge in [0.25, 0.3) is 0 Å². The number of imidazole rings is 1. The highest BCUT2D eigenvalue weighted by atomic mass is 15.1. The third-order valence-corrected chi connectivity index (χ3v) is 8.20. The lowest BCUT2D eigenvalue weighted by atomic mass is 9.94. The Labute approximate surface area is 255 Å². The van der Waals surface area contributed by atoms with E-state index in [1.807, 2.05) is 67.7 Å². The van der Waals surface area contributed by atoms with Gasteiger partial charge < -0.3 is 0 Å². The molecule has 0 saturated carbocycles. The fourth-order valence-corrected chi connectivity index (χ4v) is 6.25. The number of hydrogen-bond donors (Lipinski definition) is 0. The van der Waals surface area contributed by atoms with Gasteiger partial charge in [-0.15, -0.1) is 0 Å². The molecule has 0 N–H and O–H groups in total. The standard InChI is InChI=1S/C40H26N4/c1-3-5-14-27(4-2)44-36-20-11-10-19-35(36)43-40(44)30-23-24-33(38-29(30)17-12-25-41-38)39-32-22-21-26-13-6-7-15-28(26)37(32)31-16-8-9-18-34(31)42-39/h3-7,9-15,17-25H,2H2,1H3/b5-3-,27-14+. The number of aromatic nitrogens is 4. The summed E-state index contributed by atoms with van der Waals surface area (Å²) in [5.74, 6) is 0.832. The Kier molecular flexibility index (Phi) is 6.03. The minimum Gasteiger partial charge on any atom is -0.292 e. The van der Waals surface area contributed by atoms with E-state index in [1.165, 1.54) is 10.8 Å². The largest absolute Gasteiger partial charge is 0.292 e. The van der Waals surface area contributed by atoms with Crippen molar-refractivity contribution in [2.75, 3.05) is 0 Å². The average molecular weight is 563 g/mol. The van der Waals surface area contributed by atoms with Crippen LogP contribution in [-0.2, 0) is 0 Å². The zero-order valence-corrected chi connectivity index (χ0v) is 24.1. The molecule has 8 rings (SSSR count). The van der Waals surface area contributed by atoms with Crippen LogP contribution in [0.4, 0.5) is 0 Å². The van der Waals surface area contributed by atoms with E-state index in [0.717, 1.165) is 72.0 Å². The van der Waals surface area contributed by atoms with Crippen LogP contribution in [0.25, 0.3) is 82.7 Å². The topological polar surface area (TPSA) is 43.6 Å². The molecular weight excluding hydrogens is 536 g/mol. The van der Waals surface area contributed by atoms with Crippen LogP contribution in [0, 0.1) is 12.1 Å². The molecule has 0 radical (unpaired) electrons. The van der Waals surface area contributed by atoms with E-state index in [9.17, 15) is 0 Å². The molecule has 3 heterocycles. The van der Waals surface area contributed by atoms with E-state index in [-0.39, 0.29) is 0 Å². The second-order valence-corrected chi connectivity index (χ2v) is 10.7. The summed E-state index contributed by atoms with van der Waals surface area (Å²) in [6.07, 6.45) is 9.81. The number of rotatable bonds is 5. The van der Waals surface area contributed by atoms with E-state index < -0.39 is 0 Å². The lowest BCUT2D eigenvalue weighted by molar-refractivity contribution is 1.15. The molecule has 5 aromatic carbocycles. The molecule has 0 aliphatic carbocycles. The van der Waals surface area contributed by atoms with Crippen LogP contribution in [0.1, 0.15) is 6.92 Å². The summed E-state index contributed by atoms with van der Waals surface area (Å²) < 4.78 is 2.17. The number of fused-ring (bicyclic) bond motifs is 7. The van der Waals surface area contributed by atoms with Gasteiger partial charge in [0.2, 0.25) is 0 Å². The Balaban J connectivity index is 1.45. The van der Waals surface area contributed by atoms with Crippen molar-refractivity contribution in [1.29, 1.82) is 0 Å². The normalized spacial score (nSPS) is 12.2. The molecule has 0 atom stereocenters. The minimum atomic E-state index is 0.832. The fourth-order valence-electron chi connectivity index (χ4n) is 6.25. The number of benzene rings is 4. The Hall–Kier alpha value is -6.05. The molecule has 0 aliphatic rings. The second kappa shape index (κ2) is 10.3. The van der Waals surface area contributed by atoms with Gasteiger partial charge >= 0.3 is 0 Å². The first-order valence-electron chi connectivity index (χ1n) is 14.6. The molecule has 0 saturated heterocycles. The van der Waals surface area contributed by atoms with Gasteiger partial charge in [-0.3, -0.25) is 9.55 Å². The van der Waals surface area contributed by atoms with Gasteiger partial charge in [-0.25, -0.2) is 9.97 Å². The molecule has 4 nitrogen and oxygen atoms in total. The molecule has 8 aromatic rings. The number of nitrogens with zero attached hydrogens (tertiary/aromatic N) is 4. The van der Waals surface area contributed by atoms with Crippen molar-refractivity contribution in [2.45, 2.75) is 6.92 Å². The molecule has 3 aromatic heterocycles. The van der Waals surface area contributed by atoms with Gasteiger partial charge in [0, 0.05) is 39.2 Å². The van der Waals surface area contributed by atoms with E-state index in [2.05, 4.69) is 90.0 Å². The zero-order valence-electron chi connectivity index (χ0n) is 24.1. The molecule has 0 aliphatic heterocycles. The SMILES string of the molecule is C=C/C(=C\C=C/C)n1c(-c2ccc(-c3nc4ccc#cc4c4c3ccc3ccccc34)c3ncccc23)nc2ccccc21. The highest BCUT2D eigenvalue weighted by molar-refractivity contribution is 6.23. The lowest BCUT2D eigenvalue weighted by Gasteiger charge is -2.15. The summed E-state index contributed by atoms with van der Waals surface area (Å²) in [7, 11) is 0. The van der Waals surface area contributed by atoms with Crippen molar-refractivity contribution in [3.8, 4) is 22.6 Å². The molecule has 0 unspecified atom stereocenters. The van der Waals surface area contributed by atoms with Crippen LogP contribution < -0.4 is 0 Å². The summed E-state index contributed by atoms with van der Waals surface area (Å²) in [6, 6.07) is 39.8. The van der Waals surface area contributed by atoms with Crippen LogP contribution in [0.5, 0.6) is 0 Å². The van der Waals surface area contributed by atoms with Gasteiger partial charge in [-0.2, -0.15) is 0 Å². The van der Waals surface area contributed by atoms with Gasteiger partial charge in [0.1, 0.15) is 5.82 Å². The second-order valence-electron chi connectivity index (χ2n) is 10.7. The maximum absolute atomic E-state index is 5.22.